The molecule has 0 amide bonds. The van der Waals surface area contributed by atoms with Gasteiger partial charge in [0.05, 0.1) is 12.2 Å². The van der Waals surface area contributed by atoms with Crippen molar-refractivity contribution in [1.29, 1.82) is 0 Å². The highest BCUT2D eigenvalue weighted by Gasteiger charge is 2.42. The summed E-state index contributed by atoms with van der Waals surface area (Å²) in [6.45, 7) is 4.83. The van der Waals surface area contributed by atoms with Gasteiger partial charge in [-0.05, 0) is 25.3 Å². The molecule has 4 nitrogen and oxygen atoms in total. The summed E-state index contributed by atoms with van der Waals surface area (Å²) in [5.74, 6) is 0.874. The van der Waals surface area contributed by atoms with Crippen LogP contribution in [-0.2, 0) is 14.3 Å². The van der Waals surface area contributed by atoms with E-state index >= 15 is 0 Å². The van der Waals surface area contributed by atoms with E-state index in [1.807, 2.05) is 0 Å². The molecule has 104 valence electrons. The van der Waals surface area contributed by atoms with Gasteiger partial charge in [0, 0.05) is 32.0 Å². The van der Waals surface area contributed by atoms with Crippen LogP contribution in [0.3, 0.4) is 0 Å². The van der Waals surface area contributed by atoms with Crippen LogP contribution < -0.4 is 5.73 Å². The smallest absolute Gasteiger partial charge is 0.136 e. The van der Waals surface area contributed by atoms with Crippen LogP contribution in [0, 0.1) is 11.8 Å². The minimum absolute atomic E-state index is 0.154. The molecule has 2 heterocycles. The van der Waals surface area contributed by atoms with E-state index in [1.165, 1.54) is 0 Å². The molecule has 18 heavy (non-hydrogen) atoms. The van der Waals surface area contributed by atoms with Crippen molar-refractivity contribution in [3.8, 4) is 0 Å². The summed E-state index contributed by atoms with van der Waals surface area (Å²) >= 11 is 0. The van der Waals surface area contributed by atoms with E-state index in [9.17, 15) is 4.79 Å². The van der Waals surface area contributed by atoms with Crippen molar-refractivity contribution in [2.75, 3.05) is 26.4 Å². The minimum atomic E-state index is -0.164. The molecular formula is C14H25NO3. The van der Waals surface area contributed by atoms with Crippen LogP contribution in [0.1, 0.15) is 39.0 Å². The molecule has 3 unspecified atom stereocenters. The molecule has 1 spiro atoms. The predicted molar refractivity (Wildman–Crippen MR) is 69.3 cm³/mol. The van der Waals surface area contributed by atoms with E-state index in [1.54, 1.807) is 0 Å². The monoisotopic (exact) mass is 255 g/mol. The first-order valence-corrected chi connectivity index (χ1v) is 7.13. The van der Waals surface area contributed by atoms with Crippen LogP contribution >= 0.6 is 0 Å². The Morgan fingerprint density at radius 1 is 1.50 bits per heavy atom. The Hall–Kier alpha value is -0.450. The van der Waals surface area contributed by atoms with Crippen molar-refractivity contribution in [1.82, 2.24) is 0 Å². The second-order valence-electron chi connectivity index (χ2n) is 5.70. The maximum Gasteiger partial charge on any atom is 0.136 e. The summed E-state index contributed by atoms with van der Waals surface area (Å²) in [4.78, 5) is 12.3. The van der Waals surface area contributed by atoms with Crippen LogP contribution in [0.15, 0.2) is 0 Å². The molecule has 0 saturated carbocycles. The summed E-state index contributed by atoms with van der Waals surface area (Å²) in [5.41, 5.74) is 5.52. The largest absolute Gasteiger partial charge is 0.378 e. The molecule has 2 saturated heterocycles. The molecule has 0 aromatic carbocycles. The Balaban J connectivity index is 1.90. The fourth-order valence-corrected chi connectivity index (χ4v) is 3.01. The Morgan fingerprint density at radius 3 is 2.94 bits per heavy atom. The Kier molecular flexibility index (Phi) is 4.76. The summed E-state index contributed by atoms with van der Waals surface area (Å²) in [6.07, 6.45) is 4.26. The van der Waals surface area contributed by atoms with Crippen LogP contribution in [0.25, 0.3) is 0 Å². The summed E-state index contributed by atoms with van der Waals surface area (Å²) in [5, 5.41) is 0. The number of ketones is 1. The molecule has 3 atom stereocenters. The Bertz CT molecular complexity index is 283. The zero-order chi connectivity index (χ0) is 13.0. The average Bonchev–Trinajstić information content (AvgIpc) is 2.83. The van der Waals surface area contributed by atoms with E-state index in [2.05, 4.69) is 6.92 Å². The molecule has 2 N–H and O–H groups in total. The van der Waals surface area contributed by atoms with Gasteiger partial charge in [-0.2, -0.15) is 0 Å². The summed E-state index contributed by atoms with van der Waals surface area (Å²) in [7, 11) is 0. The van der Waals surface area contributed by atoms with E-state index in [4.69, 9.17) is 15.2 Å². The van der Waals surface area contributed by atoms with E-state index in [0.29, 0.717) is 37.9 Å². The van der Waals surface area contributed by atoms with Gasteiger partial charge in [-0.1, -0.05) is 13.3 Å². The third kappa shape index (κ3) is 3.11. The normalized spacial score (nSPS) is 33.8. The molecule has 2 rings (SSSR count). The third-order valence-corrected chi connectivity index (χ3v) is 4.42. The second kappa shape index (κ2) is 6.13. The maximum absolute atomic E-state index is 12.3. The fourth-order valence-electron chi connectivity index (χ4n) is 3.01. The van der Waals surface area contributed by atoms with Gasteiger partial charge < -0.3 is 15.2 Å². The SMILES string of the molecule is CCC(CN)CC(=O)C1CCOC2(CCOC2)C1. The van der Waals surface area contributed by atoms with Gasteiger partial charge in [0.2, 0.25) is 0 Å². The lowest BCUT2D eigenvalue weighted by Crippen LogP contribution is -2.42. The van der Waals surface area contributed by atoms with Gasteiger partial charge in [-0.25, -0.2) is 0 Å². The average molecular weight is 255 g/mol. The summed E-state index contributed by atoms with van der Waals surface area (Å²) < 4.78 is 11.3. The molecule has 0 aromatic rings. The van der Waals surface area contributed by atoms with Gasteiger partial charge in [0.15, 0.2) is 0 Å². The lowest BCUT2D eigenvalue weighted by molar-refractivity contribution is -0.137. The number of carbonyl (C=O) groups excluding carboxylic acids is 1. The molecule has 0 bridgehead atoms. The number of rotatable bonds is 5. The van der Waals surface area contributed by atoms with Crippen LogP contribution in [0.5, 0.6) is 0 Å². The molecule has 2 aliphatic rings. The first-order valence-electron chi connectivity index (χ1n) is 7.13. The van der Waals surface area contributed by atoms with Gasteiger partial charge in [-0.3, -0.25) is 4.79 Å². The maximum atomic E-state index is 12.3. The molecule has 2 fully saturated rings. The van der Waals surface area contributed by atoms with E-state index in [-0.39, 0.29) is 11.5 Å². The lowest BCUT2D eigenvalue weighted by atomic mass is 9.80. The first-order chi connectivity index (χ1) is 8.69. The molecular weight excluding hydrogens is 230 g/mol. The number of hydrogen-bond donors (Lipinski definition) is 1. The van der Waals surface area contributed by atoms with Crippen LogP contribution in [-0.4, -0.2) is 37.7 Å². The van der Waals surface area contributed by atoms with E-state index in [0.717, 1.165) is 32.3 Å². The molecule has 0 radical (unpaired) electrons. The van der Waals surface area contributed by atoms with Gasteiger partial charge in [-0.15, -0.1) is 0 Å². The van der Waals surface area contributed by atoms with Crippen LogP contribution in [0.4, 0.5) is 0 Å². The summed E-state index contributed by atoms with van der Waals surface area (Å²) in [6, 6.07) is 0. The molecule has 4 heteroatoms. The number of hydrogen-bond acceptors (Lipinski definition) is 4. The fraction of sp³-hybridized carbons (Fsp3) is 0.929. The van der Waals surface area contributed by atoms with Crippen molar-refractivity contribution in [3.05, 3.63) is 0 Å². The van der Waals surface area contributed by atoms with Crippen molar-refractivity contribution >= 4 is 5.78 Å². The van der Waals surface area contributed by atoms with Crippen LogP contribution in [0.2, 0.25) is 0 Å². The topological polar surface area (TPSA) is 61.6 Å². The van der Waals surface area contributed by atoms with Gasteiger partial charge in [0.1, 0.15) is 5.78 Å². The standard InChI is InChI=1S/C14H25NO3/c1-2-11(9-15)7-13(16)12-3-5-18-14(8-12)4-6-17-10-14/h11-12H,2-10,15H2,1H3. The van der Waals surface area contributed by atoms with Gasteiger partial charge in [0.25, 0.3) is 0 Å². The van der Waals surface area contributed by atoms with Crippen molar-refractivity contribution in [2.45, 2.75) is 44.6 Å². The quantitative estimate of drug-likeness (QED) is 0.809. The molecule has 2 aliphatic heterocycles. The zero-order valence-corrected chi connectivity index (χ0v) is 11.3. The minimum Gasteiger partial charge on any atom is -0.378 e. The van der Waals surface area contributed by atoms with Crippen molar-refractivity contribution < 1.29 is 14.3 Å². The molecule has 0 aliphatic carbocycles. The number of carbonyl (C=O) groups is 1. The third-order valence-electron chi connectivity index (χ3n) is 4.42. The predicted octanol–water partition coefficient (Wildman–Crippen LogP) is 1.52. The number of ether oxygens (including phenoxy) is 2. The highest BCUT2D eigenvalue weighted by atomic mass is 16.6. The Labute approximate surface area is 109 Å². The molecule has 0 aromatic heterocycles. The number of Topliss-reactive ketones (excluding diaryl/α,β-unsaturated/α-hetero) is 1. The highest BCUT2D eigenvalue weighted by Crippen LogP contribution is 2.36. The second-order valence-corrected chi connectivity index (χ2v) is 5.70. The first kappa shape index (κ1) is 14.0. The number of nitrogens with two attached hydrogens (primary N) is 1. The van der Waals surface area contributed by atoms with Gasteiger partial charge >= 0.3 is 0 Å². The highest BCUT2D eigenvalue weighted by molar-refractivity contribution is 5.81. The van der Waals surface area contributed by atoms with Crippen molar-refractivity contribution in [3.63, 3.8) is 0 Å². The van der Waals surface area contributed by atoms with E-state index < -0.39 is 0 Å². The van der Waals surface area contributed by atoms with Crippen molar-refractivity contribution in [2.24, 2.45) is 17.6 Å². The zero-order valence-electron chi connectivity index (χ0n) is 11.3. The lowest BCUT2D eigenvalue weighted by Gasteiger charge is -2.36. The Morgan fingerprint density at radius 2 is 2.33 bits per heavy atom.